The molecule has 1 aromatic heterocycles. The van der Waals surface area contributed by atoms with E-state index in [0.29, 0.717) is 22.6 Å². The molecule has 1 heterocycles. The van der Waals surface area contributed by atoms with E-state index in [1.807, 2.05) is 61.5 Å². The van der Waals surface area contributed by atoms with E-state index in [1.54, 1.807) is 29.6 Å². The Morgan fingerprint density at radius 2 is 1.37 bits per heavy atom. The van der Waals surface area contributed by atoms with E-state index in [9.17, 15) is 9.59 Å². The molecule has 0 aliphatic carbocycles. The lowest BCUT2D eigenvalue weighted by Gasteiger charge is -2.13. The largest absolute Gasteiger partial charge is 0.322 e. The number of nitrogens with zero attached hydrogens (tertiary/aromatic N) is 1. The van der Waals surface area contributed by atoms with Crippen LogP contribution in [-0.2, 0) is 0 Å². The quantitative estimate of drug-likeness (QED) is 0.446. The van der Waals surface area contributed by atoms with E-state index in [2.05, 4.69) is 15.6 Å². The van der Waals surface area contributed by atoms with Crippen molar-refractivity contribution in [3.63, 3.8) is 0 Å². The fourth-order valence-corrected chi connectivity index (χ4v) is 3.77. The zero-order valence-corrected chi connectivity index (χ0v) is 17.1. The summed E-state index contributed by atoms with van der Waals surface area (Å²) < 4.78 is 0. The summed E-state index contributed by atoms with van der Waals surface area (Å²) in [6.45, 7) is 1.85. The van der Waals surface area contributed by atoms with Gasteiger partial charge in [-0.1, -0.05) is 54.6 Å². The molecule has 0 saturated heterocycles. The van der Waals surface area contributed by atoms with Gasteiger partial charge in [-0.3, -0.25) is 9.59 Å². The van der Waals surface area contributed by atoms with Crippen LogP contribution in [0.3, 0.4) is 0 Å². The van der Waals surface area contributed by atoms with Crippen LogP contribution in [0.4, 0.5) is 11.4 Å². The lowest BCUT2D eigenvalue weighted by molar-refractivity contribution is 0.101. The highest BCUT2D eigenvalue weighted by atomic mass is 32.1. The highest BCUT2D eigenvalue weighted by Crippen LogP contribution is 2.26. The Hall–Kier alpha value is -3.77. The molecule has 0 aliphatic heterocycles. The van der Waals surface area contributed by atoms with Crippen molar-refractivity contribution >= 4 is 34.5 Å². The number of carbonyl (C=O) groups excluding carboxylic acids is 2. The highest BCUT2D eigenvalue weighted by molar-refractivity contribution is 7.13. The van der Waals surface area contributed by atoms with Gasteiger partial charge in [-0.15, -0.1) is 11.3 Å². The van der Waals surface area contributed by atoms with Gasteiger partial charge in [0.15, 0.2) is 0 Å². The van der Waals surface area contributed by atoms with Gasteiger partial charge in [0.1, 0.15) is 10.7 Å². The molecule has 0 fully saturated rings. The molecule has 3 aromatic carbocycles. The SMILES string of the molecule is Cc1c(NC(=O)c2ccccc2)cccc1NC(=O)c1csc(-c2ccccc2)n1. The normalized spacial score (nSPS) is 10.4. The van der Waals surface area contributed by atoms with Crippen LogP contribution in [0.2, 0.25) is 0 Å². The fourth-order valence-electron chi connectivity index (χ4n) is 2.97. The Morgan fingerprint density at radius 1 is 0.767 bits per heavy atom. The molecule has 0 bridgehead atoms. The number of nitrogens with one attached hydrogen (secondary N) is 2. The Balaban J connectivity index is 1.50. The molecule has 0 spiro atoms. The van der Waals surface area contributed by atoms with Crippen LogP contribution < -0.4 is 10.6 Å². The van der Waals surface area contributed by atoms with E-state index in [0.717, 1.165) is 16.1 Å². The van der Waals surface area contributed by atoms with Crippen molar-refractivity contribution in [1.82, 2.24) is 4.98 Å². The number of hydrogen-bond donors (Lipinski definition) is 2. The molecule has 0 unspecified atom stereocenters. The van der Waals surface area contributed by atoms with Crippen LogP contribution in [0.25, 0.3) is 10.6 Å². The first kappa shape index (κ1) is 19.5. The predicted molar refractivity (Wildman–Crippen MR) is 121 cm³/mol. The average molecular weight is 414 g/mol. The maximum absolute atomic E-state index is 12.7. The number of carbonyl (C=O) groups is 2. The summed E-state index contributed by atoms with van der Waals surface area (Å²) in [6.07, 6.45) is 0. The Bertz CT molecular complexity index is 1190. The topological polar surface area (TPSA) is 71.1 Å². The molecule has 0 saturated carbocycles. The second-order valence-corrected chi connectivity index (χ2v) is 7.51. The maximum Gasteiger partial charge on any atom is 0.275 e. The lowest BCUT2D eigenvalue weighted by Crippen LogP contribution is -2.16. The van der Waals surface area contributed by atoms with Gasteiger partial charge in [0.05, 0.1) is 0 Å². The zero-order valence-electron chi connectivity index (χ0n) is 16.3. The molecule has 6 heteroatoms. The molecule has 5 nitrogen and oxygen atoms in total. The molecule has 2 amide bonds. The number of aromatic nitrogens is 1. The third-order valence-corrected chi connectivity index (χ3v) is 5.52. The molecule has 30 heavy (non-hydrogen) atoms. The van der Waals surface area contributed by atoms with Gasteiger partial charge in [-0.25, -0.2) is 4.98 Å². The van der Waals surface area contributed by atoms with Crippen LogP contribution in [-0.4, -0.2) is 16.8 Å². The molecule has 0 radical (unpaired) electrons. The van der Waals surface area contributed by atoms with Crippen molar-refractivity contribution in [1.29, 1.82) is 0 Å². The summed E-state index contributed by atoms with van der Waals surface area (Å²) in [5.41, 5.74) is 3.95. The van der Waals surface area contributed by atoms with Crippen LogP contribution in [0.5, 0.6) is 0 Å². The smallest absolute Gasteiger partial charge is 0.275 e. The van der Waals surface area contributed by atoms with E-state index >= 15 is 0 Å². The van der Waals surface area contributed by atoms with Crippen molar-refractivity contribution in [3.8, 4) is 10.6 Å². The zero-order chi connectivity index (χ0) is 20.9. The number of thiazole rings is 1. The van der Waals surface area contributed by atoms with Crippen LogP contribution in [0.1, 0.15) is 26.4 Å². The summed E-state index contributed by atoms with van der Waals surface area (Å²) in [4.78, 5) is 29.6. The van der Waals surface area contributed by atoms with Gasteiger partial charge in [-0.05, 0) is 36.8 Å². The number of amides is 2. The summed E-state index contributed by atoms with van der Waals surface area (Å²) in [7, 11) is 0. The van der Waals surface area contributed by atoms with E-state index in [-0.39, 0.29) is 11.8 Å². The summed E-state index contributed by atoms with van der Waals surface area (Å²) in [5, 5.41) is 8.34. The Kier molecular flexibility index (Phi) is 5.68. The van der Waals surface area contributed by atoms with Gasteiger partial charge in [-0.2, -0.15) is 0 Å². The fraction of sp³-hybridized carbons (Fsp3) is 0.0417. The van der Waals surface area contributed by atoms with Gasteiger partial charge >= 0.3 is 0 Å². The first-order valence-electron chi connectivity index (χ1n) is 9.40. The third-order valence-electron chi connectivity index (χ3n) is 4.62. The van der Waals surface area contributed by atoms with Crippen molar-refractivity contribution in [3.05, 3.63) is 101 Å². The van der Waals surface area contributed by atoms with Crippen LogP contribution in [0, 0.1) is 6.92 Å². The third kappa shape index (κ3) is 4.29. The van der Waals surface area contributed by atoms with Crippen LogP contribution in [0.15, 0.2) is 84.2 Å². The monoisotopic (exact) mass is 413 g/mol. The summed E-state index contributed by atoms with van der Waals surface area (Å²) >= 11 is 1.43. The van der Waals surface area contributed by atoms with Gasteiger partial charge < -0.3 is 10.6 Å². The number of hydrogen-bond acceptors (Lipinski definition) is 4. The van der Waals surface area contributed by atoms with Crippen LogP contribution >= 0.6 is 11.3 Å². The highest BCUT2D eigenvalue weighted by Gasteiger charge is 2.15. The second-order valence-electron chi connectivity index (χ2n) is 6.66. The first-order chi connectivity index (χ1) is 14.6. The van der Waals surface area contributed by atoms with Crippen molar-refractivity contribution < 1.29 is 9.59 Å². The first-order valence-corrected chi connectivity index (χ1v) is 10.3. The van der Waals surface area contributed by atoms with Gasteiger partial charge in [0.25, 0.3) is 11.8 Å². The molecule has 0 aliphatic rings. The Labute approximate surface area is 178 Å². The lowest BCUT2D eigenvalue weighted by atomic mass is 10.1. The minimum Gasteiger partial charge on any atom is -0.322 e. The molecule has 0 atom stereocenters. The van der Waals surface area contributed by atoms with Gasteiger partial charge in [0, 0.05) is 27.9 Å². The maximum atomic E-state index is 12.7. The minimum atomic E-state index is -0.289. The molecule has 2 N–H and O–H groups in total. The predicted octanol–water partition coefficient (Wildman–Crippen LogP) is 5.62. The average Bonchev–Trinajstić information content (AvgIpc) is 3.28. The van der Waals surface area contributed by atoms with Gasteiger partial charge in [0.2, 0.25) is 0 Å². The van der Waals surface area contributed by atoms with Crippen molar-refractivity contribution in [2.75, 3.05) is 10.6 Å². The summed E-state index contributed by atoms with van der Waals surface area (Å²) in [5.74, 6) is -0.489. The molecule has 4 rings (SSSR count). The molecular weight excluding hydrogens is 394 g/mol. The Morgan fingerprint density at radius 3 is 2.03 bits per heavy atom. The van der Waals surface area contributed by atoms with E-state index in [4.69, 9.17) is 0 Å². The molecular formula is C24H19N3O2S. The number of anilines is 2. The summed E-state index contributed by atoms with van der Waals surface area (Å²) in [6, 6.07) is 24.1. The number of benzene rings is 3. The van der Waals surface area contributed by atoms with Crippen molar-refractivity contribution in [2.45, 2.75) is 6.92 Å². The standard InChI is InChI=1S/C24H19N3O2S/c1-16-19(25-22(28)17-9-4-2-5-10-17)13-8-14-20(16)26-23(29)21-15-30-24(27-21)18-11-6-3-7-12-18/h2-15H,1H3,(H,25,28)(H,26,29). The number of rotatable bonds is 5. The molecule has 148 valence electrons. The van der Waals surface area contributed by atoms with E-state index in [1.165, 1.54) is 11.3 Å². The molecule has 4 aromatic rings. The van der Waals surface area contributed by atoms with E-state index < -0.39 is 0 Å². The second kappa shape index (κ2) is 8.71. The minimum absolute atomic E-state index is 0.200. The van der Waals surface area contributed by atoms with Crippen molar-refractivity contribution in [2.24, 2.45) is 0 Å².